The second kappa shape index (κ2) is 5.94. The molecule has 0 bridgehead atoms. The second-order valence-electron chi connectivity index (χ2n) is 5.67. The summed E-state index contributed by atoms with van der Waals surface area (Å²) in [5, 5.41) is 0. The Labute approximate surface area is 126 Å². The van der Waals surface area contributed by atoms with Gasteiger partial charge >= 0.3 is 0 Å². The number of morpholine rings is 1. The Morgan fingerprint density at radius 2 is 1.71 bits per heavy atom. The molecule has 21 heavy (non-hydrogen) atoms. The van der Waals surface area contributed by atoms with Crippen LogP contribution in [-0.2, 0) is 14.8 Å². The molecule has 0 aromatic heterocycles. The summed E-state index contributed by atoms with van der Waals surface area (Å²) < 4.78 is 38.2. The van der Waals surface area contributed by atoms with Crippen molar-refractivity contribution >= 4 is 10.0 Å². The van der Waals surface area contributed by atoms with E-state index in [0.29, 0.717) is 23.7 Å². The fourth-order valence-electron chi connectivity index (χ4n) is 2.78. The molecule has 0 amide bonds. The summed E-state index contributed by atoms with van der Waals surface area (Å²) in [4.78, 5) is 0.311. The SMILES string of the molecule is COc1cc(S(=O)(=O)N2CC(C)OC(C)C2)c(C)cc1C. The van der Waals surface area contributed by atoms with Crippen LogP contribution < -0.4 is 4.74 Å². The van der Waals surface area contributed by atoms with Crippen LogP contribution in [0.15, 0.2) is 17.0 Å². The number of benzene rings is 1. The molecule has 0 saturated carbocycles. The zero-order valence-corrected chi connectivity index (χ0v) is 14.0. The number of aryl methyl sites for hydroxylation is 2. The molecule has 1 aromatic rings. The average molecular weight is 313 g/mol. The van der Waals surface area contributed by atoms with Gasteiger partial charge in [-0.3, -0.25) is 0 Å². The van der Waals surface area contributed by atoms with Crippen LogP contribution in [0.5, 0.6) is 5.75 Å². The smallest absolute Gasteiger partial charge is 0.243 e. The summed E-state index contributed by atoms with van der Waals surface area (Å²) in [5.41, 5.74) is 1.66. The number of ether oxygens (including phenoxy) is 2. The first-order valence-electron chi connectivity index (χ1n) is 7.06. The molecule has 0 N–H and O–H groups in total. The van der Waals surface area contributed by atoms with Crippen molar-refractivity contribution in [3.63, 3.8) is 0 Å². The normalized spacial score (nSPS) is 24.0. The van der Waals surface area contributed by atoms with Gasteiger partial charge in [-0.1, -0.05) is 6.07 Å². The molecule has 1 aliphatic rings. The number of nitrogens with zero attached hydrogens (tertiary/aromatic N) is 1. The summed E-state index contributed by atoms with van der Waals surface area (Å²) in [6.07, 6.45) is -0.202. The molecular weight excluding hydrogens is 290 g/mol. The Morgan fingerprint density at radius 1 is 1.14 bits per heavy atom. The Kier molecular flexibility index (Phi) is 4.60. The van der Waals surface area contributed by atoms with Crippen molar-refractivity contribution in [1.29, 1.82) is 0 Å². The zero-order chi connectivity index (χ0) is 15.8. The molecule has 1 saturated heterocycles. The number of rotatable bonds is 3. The monoisotopic (exact) mass is 313 g/mol. The van der Waals surface area contributed by atoms with E-state index in [-0.39, 0.29) is 12.2 Å². The molecule has 0 spiro atoms. The third kappa shape index (κ3) is 3.22. The van der Waals surface area contributed by atoms with Gasteiger partial charge in [-0.15, -0.1) is 0 Å². The van der Waals surface area contributed by atoms with Gasteiger partial charge in [0.05, 0.1) is 24.2 Å². The first-order chi connectivity index (χ1) is 9.75. The first kappa shape index (κ1) is 16.3. The van der Waals surface area contributed by atoms with Gasteiger partial charge in [-0.25, -0.2) is 8.42 Å². The predicted octanol–water partition coefficient (Wildman–Crippen LogP) is 2.11. The van der Waals surface area contributed by atoms with Gasteiger partial charge in [0.15, 0.2) is 0 Å². The summed E-state index contributed by atoms with van der Waals surface area (Å²) in [7, 11) is -1.99. The van der Waals surface area contributed by atoms with Crippen LogP contribution in [0.2, 0.25) is 0 Å². The lowest BCUT2D eigenvalue weighted by Crippen LogP contribution is -2.48. The minimum absolute atomic E-state index is 0.101. The molecule has 6 heteroatoms. The van der Waals surface area contributed by atoms with Crippen LogP contribution in [0, 0.1) is 13.8 Å². The highest BCUT2D eigenvalue weighted by atomic mass is 32.2. The molecule has 118 valence electrons. The molecule has 2 unspecified atom stereocenters. The van der Waals surface area contributed by atoms with Crippen LogP contribution >= 0.6 is 0 Å². The minimum Gasteiger partial charge on any atom is -0.496 e. The van der Waals surface area contributed by atoms with Crippen molar-refractivity contribution in [2.45, 2.75) is 44.8 Å². The average Bonchev–Trinajstić information content (AvgIpc) is 2.37. The van der Waals surface area contributed by atoms with E-state index < -0.39 is 10.0 Å². The van der Waals surface area contributed by atoms with Crippen molar-refractivity contribution < 1.29 is 17.9 Å². The van der Waals surface area contributed by atoms with E-state index in [4.69, 9.17) is 9.47 Å². The van der Waals surface area contributed by atoms with E-state index in [0.717, 1.165) is 11.1 Å². The van der Waals surface area contributed by atoms with Crippen LogP contribution in [0.4, 0.5) is 0 Å². The van der Waals surface area contributed by atoms with Crippen molar-refractivity contribution in [2.75, 3.05) is 20.2 Å². The maximum absolute atomic E-state index is 12.9. The number of sulfonamides is 1. The van der Waals surface area contributed by atoms with Crippen LogP contribution in [0.1, 0.15) is 25.0 Å². The highest BCUT2D eigenvalue weighted by Gasteiger charge is 2.33. The van der Waals surface area contributed by atoms with Crippen LogP contribution in [-0.4, -0.2) is 45.1 Å². The van der Waals surface area contributed by atoms with E-state index in [1.807, 2.05) is 33.8 Å². The first-order valence-corrected chi connectivity index (χ1v) is 8.50. The molecule has 0 radical (unpaired) electrons. The van der Waals surface area contributed by atoms with E-state index in [1.165, 1.54) is 4.31 Å². The minimum atomic E-state index is -3.53. The van der Waals surface area contributed by atoms with Crippen LogP contribution in [0.3, 0.4) is 0 Å². The van der Waals surface area contributed by atoms with Crippen molar-refractivity contribution in [2.24, 2.45) is 0 Å². The maximum Gasteiger partial charge on any atom is 0.243 e. The Hall–Kier alpha value is -1.11. The van der Waals surface area contributed by atoms with E-state index in [1.54, 1.807) is 13.2 Å². The van der Waals surface area contributed by atoms with Gasteiger partial charge in [-0.2, -0.15) is 4.31 Å². The lowest BCUT2D eigenvalue weighted by molar-refractivity contribution is -0.0440. The van der Waals surface area contributed by atoms with E-state index in [9.17, 15) is 8.42 Å². The Morgan fingerprint density at radius 3 is 2.24 bits per heavy atom. The standard InChI is InChI=1S/C15H23NO4S/c1-10-6-11(2)15(7-14(10)19-5)21(17,18)16-8-12(3)20-13(4)9-16/h6-7,12-13H,8-9H2,1-5H3. The lowest BCUT2D eigenvalue weighted by Gasteiger charge is -2.34. The molecular formula is C15H23NO4S. The van der Waals surface area contributed by atoms with Gasteiger partial charge in [0.25, 0.3) is 0 Å². The Balaban J connectivity index is 2.44. The molecule has 2 rings (SSSR count). The number of methoxy groups -OCH3 is 1. The van der Waals surface area contributed by atoms with Gasteiger partial charge < -0.3 is 9.47 Å². The maximum atomic E-state index is 12.9. The summed E-state index contributed by atoms with van der Waals surface area (Å²) >= 11 is 0. The Bertz CT molecular complexity index is 617. The van der Waals surface area contributed by atoms with E-state index >= 15 is 0 Å². The van der Waals surface area contributed by atoms with Crippen molar-refractivity contribution in [3.05, 3.63) is 23.3 Å². The molecule has 1 aliphatic heterocycles. The highest BCUT2D eigenvalue weighted by Crippen LogP contribution is 2.29. The quantitative estimate of drug-likeness (QED) is 0.857. The highest BCUT2D eigenvalue weighted by molar-refractivity contribution is 7.89. The third-order valence-electron chi connectivity index (χ3n) is 3.70. The summed E-state index contributed by atoms with van der Waals surface area (Å²) in [6, 6.07) is 3.46. The van der Waals surface area contributed by atoms with Gasteiger partial charge in [0, 0.05) is 19.2 Å². The molecule has 1 aromatic carbocycles. The van der Waals surface area contributed by atoms with Crippen molar-refractivity contribution in [3.8, 4) is 5.75 Å². The fraction of sp³-hybridized carbons (Fsp3) is 0.600. The summed E-state index contributed by atoms with van der Waals surface area (Å²) in [6.45, 7) is 8.25. The fourth-order valence-corrected chi connectivity index (χ4v) is 4.59. The van der Waals surface area contributed by atoms with Crippen molar-refractivity contribution in [1.82, 2.24) is 4.31 Å². The second-order valence-corrected chi connectivity index (χ2v) is 7.57. The topological polar surface area (TPSA) is 55.8 Å². The molecule has 2 atom stereocenters. The zero-order valence-electron chi connectivity index (χ0n) is 13.2. The number of hydrogen-bond donors (Lipinski definition) is 0. The number of hydrogen-bond acceptors (Lipinski definition) is 4. The van der Waals surface area contributed by atoms with Gasteiger partial charge in [0.2, 0.25) is 10.0 Å². The predicted molar refractivity (Wildman–Crippen MR) is 81.2 cm³/mol. The molecule has 5 nitrogen and oxygen atoms in total. The van der Waals surface area contributed by atoms with Gasteiger partial charge in [-0.05, 0) is 38.8 Å². The largest absolute Gasteiger partial charge is 0.496 e. The lowest BCUT2D eigenvalue weighted by atomic mass is 10.1. The van der Waals surface area contributed by atoms with E-state index in [2.05, 4.69) is 0 Å². The third-order valence-corrected chi connectivity index (χ3v) is 5.67. The molecule has 0 aliphatic carbocycles. The molecule has 1 heterocycles. The van der Waals surface area contributed by atoms with Crippen LogP contribution in [0.25, 0.3) is 0 Å². The summed E-state index contributed by atoms with van der Waals surface area (Å²) in [5.74, 6) is 0.591. The molecule has 1 fully saturated rings. The van der Waals surface area contributed by atoms with Gasteiger partial charge in [0.1, 0.15) is 5.75 Å².